The van der Waals surface area contributed by atoms with Gasteiger partial charge in [-0.25, -0.2) is 29.7 Å². The number of hydrogen-bond donors (Lipinski definition) is 1. The number of nitrogens with zero attached hydrogens (tertiary/aromatic N) is 5. The maximum atomic E-state index is 11.6. The van der Waals surface area contributed by atoms with Crippen molar-refractivity contribution in [3.8, 4) is 45.5 Å². The van der Waals surface area contributed by atoms with Gasteiger partial charge in [-0.15, -0.1) is 11.3 Å². The van der Waals surface area contributed by atoms with E-state index in [0.717, 1.165) is 6.26 Å². The second-order valence-corrected chi connectivity index (χ2v) is 7.49. The molecular weight excluding hydrogens is 466 g/mol. The molecule has 0 saturated carbocycles. The van der Waals surface area contributed by atoms with Gasteiger partial charge in [-0.3, -0.25) is 4.79 Å². The number of oxazole rings is 3. The summed E-state index contributed by atoms with van der Waals surface area (Å²) >= 11 is 1.32. The number of hydrogen-bond acceptors (Lipinski definition) is 13. The number of carbonyl (C=O) groups is 2. The zero-order valence-corrected chi connectivity index (χ0v) is 18.1. The SMILES string of the molecule is COC(=O)c1coc(-c2csc(-c3cccc(-c4nc(-c5nc(C(=O)CO)co5)co4)n3)n2)n1. The lowest BCUT2D eigenvalue weighted by Gasteiger charge is -1.98. The Kier molecular flexibility index (Phi) is 5.53. The fourth-order valence-electron chi connectivity index (χ4n) is 2.84. The molecule has 0 radical (unpaired) electrons. The van der Waals surface area contributed by atoms with Gasteiger partial charge in [-0.1, -0.05) is 6.07 Å². The van der Waals surface area contributed by atoms with Crippen LogP contribution in [-0.2, 0) is 4.74 Å². The van der Waals surface area contributed by atoms with Crippen molar-refractivity contribution >= 4 is 23.1 Å². The first-order valence-electron chi connectivity index (χ1n) is 9.58. The number of Topliss-reactive ketones (excluding diaryl/α,β-unsaturated/α-hetero) is 1. The van der Waals surface area contributed by atoms with Gasteiger partial charge in [-0.2, -0.15) is 0 Å². The zero-order valence-electron chi connectivity index (χ0n) is 17.3. The Balaban J connectivity index is 1.39. The number of pyridine rings is 1. The Morgan fingerprint density at radius 2 is 1.53 bits per heavy atom. The van der Waals surface area contributed by atoms with Gasteiger partial charge in [0.25, 0.3) is 0 Å². The topological polar surface area (TPSA) is 167 Å². The van der Waals surface area contributed by atoms with Crippen molar-refractivity contribution in [2.24, 2.45) is 0 Å². The highest BCUT2D eigenvalue weighted by molar-refractivity contribution is 7.13. The van der Waals surface area contributed by atoms with Crippen LogP contribution in [0.5, 0.6) is 0 Å². The minimum Gasteiger partial charge on any atom is -0.464 e. The number of aromatic nitrogens is 5. The second-order valence-electron chi connectivity index (χ2n) is 6.63. The fourth-order valence-corrected chi connectivity index (χ4v) is 3.60. The molecular formula is C21H13N5O7S. The van der Waals surface area contributed by atoms with Crippen molar-refractivity contribution in [3.63, 3.8) is 0 Å². The number of esters is 1. The minimum absolute atomic E-state index is 0.00787. The Hall–Kier alpha value is -4.49. The number of ether oxygens (including phenoxy) is 1. The smallest absolute Gasteiger partial charge is 0.360 e. The van der Waals surface area contributed by atoms with Crippen molar-refractivity contribution < 1.29 is 32.7 Å². The molecule has 170 valence electrons. The fraction of sp³-hybridized carbons (Fsp3) is 0.0952. The first-order valence-corrected chi connectivity index (χ1v) is 10.5. The Bertz CT molecular complexity index is 1390. The van der Waals surface area contributed by atoms with Crippen LogP contribution in [0.4, 0.5) is 0 Å². The normalized spacial score (nSPS) is 11.0. The number of thiazole rings is 1. The third kappa shape index (κ3) is 4.00. The van der Waals surface area contributed by atoms with E-state index in [-0.39, 0.29) is 34.8 Å². The molecule has 0 saturated heterocycles. The molecule has 1 N–H and O–H groups in total. The molecule has 34 heavy (non-hydrogen) atoms. The van der Waals surface area contributed by atoms with Crippen LogP contribution in [0.15, 0.2) is 55.6 Å². The summed E-state index contributed by atoms with van der Waals surface area (Å²) in [7, 11) is 1.26. The lowest BCUT2D eigenvalue weighted by atomic mass is 10.3. The summed E-state index contributed by atoms with van der Waals surface area (Å²) in [5.41, 5.74) is 1.74. The van der Waals surface area contributed by atoms with Crippen molar-refractivity contribution in [3.05, 3.63) is 53.8 Å². The highest BCUT2D eigenvalue weighted by Gasteiger charge is 2.19. The predicted molar refractivity (Wildman–Crippen MR) is 115 cm³/mol. The standard InChI is InChI=1S/C21H13N5O7S/c1-30-21(29)14-8-33-19(25-14)15-9-34-20(26-15)11-4-2-3-10(22-11)17-24-13(7-32-17)18-23-12(6-31-18)16(28)5-27/h2-4,6-9,27H,5H2,1H3. The number of aliphatic hydroxyl groups excluding tert-OH is 1. The molecule has 13 heteroatoms. The Morgan fingerprint density at radius 3 is 2.32 bits per heavy atom. The second kappa shape index (κ2) is 8.80. The minimum atomic E-state index is -0.673. The maximum absolute atomic E-state index is 11.6. The van der Waals surface area contributed by atoms with Gasteiger partial charge >= 0.3 is 5.97 Å². The Morgan fingerprint density at radius 1 is 0.853 bits per heavy atom. The van der Waals surface area contributed by atoms with Gasteiger partial charge in [0, 0.05) is 5.38 Å². The molecule has 0 aliphatic carbocycles. The summed E-state index contributed by atoms with van der Waals surface area (Å²) in [5, 5.41) is 11.2. The summed E-state index contributed by atoms with van der Waals surface area (Å²) in [6.07, 6.45) is 3.67. The quantitative estimate of drug-likeness (QED) is 0.268. The van der Waals surface area contributed by atoms with Crippen molar-refractivity contribution in [1.29, 1.82) is 0 Å². The van der Waals surface area contributed by atoms with Crippen LogP contribution in [0.1, 0.15) is 21.0 Å². The van der Waals surface area contributed by atoms with E-state index in [1.165, 1.54) is 31.0 Å². The van der Waals surface area contributed by atoms with Crippen molar-refractivity contribution in [1.82, 2.24) is 24.9 Å². The van der Waals surface area contributed by atoms with E-state index >= 15 is 0 Å². The third-order valence-corrected chi connectivity index (χ3v) is 5.33. The van der Waals surface area contributed by atoms with Gasteiger partial charge in [0.2, 0.25) is 23.5 Å². The van der Waals surface area contributed by atoms with Crippen molar-refractivity contribution in [2.45, 2.75) is 0 Å². The molecule has 0 spiro atoms. The molecule has 12 nitrogen and oxygen atoms in total. The number of methoxy groups -OCH3 is 1. The lowest BCUT2D eigenvalue weighted by molar-refractivity contribution is 0.0594. The van der Waals surface area contributed by atoms with E-state index in [1.807, 2.05) is 0 Å². The van der Waals surface area contributed by atoms with Gasteiger partial charge in [-0.05, 0) is 12.1 Å². The summed E-state index contributed by atoms with van der Waals surface area (Å²) in [5.74, 6) is -0.711. The molecule has 0 unspecified atom stereocenters. The molecule has 5 aromatic heterocycles. The molecule has 5 heterocycles. The third-order valence-electron chi connectivity index (χ3n) is 4.47. The van der Waals surface area contributed by atoms with E-state index in [4.69, 9.17) is 18.4 Å². The summed E-state index contributed by atoms with van der Waals surface area (Å²) in [6, 6.07) is 5.25. The van der Waals surface area contributed by atoms with Crippen LogP contribution in [0.3, 0.4) is 0 Å². The molecule has 0 aliphatic rings. The summed E-state index contributed by atoms with van der Waals surface area (Å²) in [4.78, 5) is 44.5. The van der Waals surface area contributed by atoms with Crippen LogP contribution >= 0.6 is 11.3 Å². The van der Waals surface area contributed by atoms with Gasteiger partial charge in [0.05, 0.1) is 12.8 Å². The number of carbonyl (C=O) groups excluding carboxylic acids is 2. The molecule has 0 bridgehead atoms. The first-order chi connectivity index (χ1) is 16.6. The average Bonchev–Trinajstić information content (AvgIpc) is 3.68. The molecule has 0 amide bonds. The monoisotopic (exact) mass is 479 g/mol. The number of ketones is 1. The molecule has 5 rings (SSSR count). The van der Waals surface area contributed by atoms with Crippen LogP contribution in [0, 0.1) is 0 Å². The van der Waals surface area contributed by atoms with Gasteiger partial charge < -0.3 is 23.1 Å². The summed E-state index contributed by atoms with van der Waals surface area (Å²) in [6.45, 7) is -0.673. The van der Waals surface area contributed by atoms with Gasteiger partial charge in [0.1, 0.15) is 47.5 Å². The lowest BCUT2D eigenvalue weighted by Crippen LogP contribution is -2.04. The van der Waals surface area contributed by atoms with E-state index in [0.29, 0.717) is 22.1 Å². The van der Waals surface area contributed by atoms with Crippen LogP contribution in [-0.4, -0.2) is 55.5 Å². The Labute approximate surface area is 193 Å². The highest BCUT2D eigenvalue weighted by Crippen LogP contribution is 2.30. The highest BCUT2D eigenvalue weighted by atomic mass is 32.1. The average molecular weight is 479 g/mol. The maximum Gasteiger partial charge on any atom is 0.360 e. The largest absolute Gasteiger partial charge is 0.464 e. The van der Waals surface area contributed by atoms with Crippen LogP contribution < -0.4 is 0 Å². The number of aliphatic hydroxyl groups is 1. The molecule has 0 aliphatic heterocycles. The van der Waals surface area contributed by atoms with E-state index < -0.39 is 18.4 Å². The van der Waals surface area contributed by atoms with Crippen molar-refractivity contribution in [2.75, 3.05) is 13.7 Å². The zero-order chi connectivity index (χ0) is 23.7. The van der Waals surface area contributed by atoms with Crippen LogP contribution in [0.25, 0.3) is 45.5 Å². The summed E-state index contributed by atoms with van der Waals surface area (Å²) < 4.78 is 20.7. The molecule has 5 aromatic rings. The van der Waals surface area contributed by atoms with E-state index in [1.54, 1.807) is 23.6 Å². The van der Waals surface area contributed by atoms with Gasteiger partial charge in [0.15, 0.2) is 11.4 Å². The van der Waals surface area contributed by atoms with E-state index in [2.05, 4.69) is 29.7 Å². The first kappa shape index (κ1) is 21.4. The number of rotatable bonds is 7. The molecule has 0 aromatic carbocycles. The van der Waals surface area contributed by atoms with E-state index in [9.17, 15) is 9.59 Å². The van der Waals surface area contributed by atoms with Crippen LogP contribution in [0.2, 0.25) is 0 Å². The predicted octanol–water partition coefficient (Wildman–Crippen LogP) is 3.13. The molecule has 0 fully saturated rings. The molecule has 0 atom stereocenters.